The van der Waals surface area contributed by atoms with E-state index in [9.17, 15) is 13.2 Å². The highest BCUT2D eigenvalue weighted by atomic mass is 19.4. The van der Waals surface area contributed by atoms with Crippen LogP contribution in [0.2, 0.25) is 0 Å². The molecular weight excluding hydrogens is 287 g/mol. The molecule has 5 nitrogen and oxygen atoms in total. The van der Waals surface area contributed by atoms with Crippen molar-refractivity contribution >= 4 is 0 Å². The first kappa shape index (κ1) is 16.2. The van der Waals surface area contributed by atoms with Gasteiger partial charge < -0.3 is 15.0 Å². The molecule has 2 rings (SSSR count). The summed E-state index contributed by atoms with van der Waals surface area (Å²) in [7, 11) is 1.51. The van der Waals surface area contributed by atoms with E-state index in [1.165, 1.54) is 7.11 Å². The maximum Gasteiger partial charge on any atom is 0.415 e. The Morgan fingerprint density at radius 1 is 1.33 bits per heavy atom. The van der Waals surface area contributed by atoms with Crippen LogP contribution < -0.4 is 5.73 Å². The first-order valence-electron chi connectivity index (χ1n) is 6.88. The zero-order valence-corrected chi connectivity index (χ0v) is 12.3. The Hall–Kier alpha value is -1.15. The fourth-order valence-corrected chi connectivity index (χ4v) is 2.49. The van der Waals surface area contributed by atoms with Crippen LogP contribution in [0.5, 0.6) is 0 Å². The van der Waals surface area contributed by atoms with Crippen molar-refractivity contribution in [3.05, 3.63) is 11.7 Å². The SMILES string of the molecule is COC1(c2noc(C(C)(N)C(F)(F)F)n2)CCC(C)CC1. The average Bonchev–Trinajstić information content (AvgIpc) is 2.89. The van der Waals surface area contributed by atoms with Gasteiger partial charge in [0.2, 0.25) is 5.82 Å². The van der Waals surface area contributed by atoms with Crippen molar-refractivity contribution < 1.29 is 22.4 Å². The number of methoxy groups -OCH3 is 1. The molecule has 120 valence electrons. The van der Waals surface area contributed by atoms with Gasteiger partial charge in [-0.15, -0.1) is 0 Å². The number of ether oxygens (including phenoxy) is 1. The van der Waals surface area contributed by atoms with Crippen molar-refractivity contribution in [2.45, 2.75) is 56.8 Å². The van der Waals surface area contributed by atoms with E-state index in [2.05, 4.69) is 17.1 Å². The number of rotatable bonds is 3. The number of nitrogens with two attached hydrogens (primary N) is 1. The molecule has 21 heavy (non-hydrogen) atoms. The van der Waals surface area contributed by atoms with Crippen LogP contribution in [0.15, 0.2) is 4.52 Å². The summed E-state index contributed by atoms with van der Waals surface area (Å²) in [6, 6.07) is 0. The highest BCUT2D eigenvalue weighted by Gasteiger charge is 2.54. The third kappa shape index (κ3) is 2.78. The number of hydrogen-bond donors (Lipinski definition) is 1. The number of nitrogens with zero attached hydrogens (tertiary/aromatic N) is 2. The average molecular weight is 307 g/mol. The van der Waals surface area contributed by atoms with Crippen molar-refractivity contribution in [1.82, 2.24) is 10.1 Å². The summed E-state index contributed by atoms with van der Waals surface area (Å²) < 4.78 is 49.0. The van der Waals surface area contributed by atoms with Gasteiger partial charge in [0.15, 0.2) is 5.54 Å². The van der Waals surface area contributed by atoms with Crippen molar-refractivity contribution in [2.24, 2.45) is 11.7 Å². The van der Waals surface area contributed by atoms with Crippen molar-refractivity contribution in [3.8, 4) is 0 Å². The zero-order chi connectivity index (χ0) is 15.9. The normalized spacial score (nSPS) is 30.1. The van der Waals surface area contributed by atoms with Gasteiger partial charge in [-0.3, -0.25) is 0 Å². The number of aromatic nitrogens is 2. The van der Waals surface area contributed by atoms with Gasteiger partial charge in [-0.1, -0.05) is 12.1 Å². The van der Waals surface area contributed by atoms with Crippen LogP contribution in [0.4, 0.5) is 13.2 Å². The Kier molecular flexibility index (Phi) is 4.05. The number of halogens is 3. The number of alkyl halides is 3. The molecule has 1 aliphatic carbocycles. The predicted octanol–water partition coefficient (Wildman–Crippen LogP) is 2.86. The van der Waals surface area contributed by atoms with Gasteiger partial charge >= 0.3 is 6.18 Å². The van der Waals surface area contributed by atoms with E-state index in [0.717, 1.165) is 19.8 Å². The molecule has 8 heteroatoms. The van der Waals surface area contributed by atoms with Crippen LogP contribution in [0.3, 0.4) is 0 Å². The first-order valence-corrected chi connectivity index (χ1v) is 6.88. The molecule has 0 radical (unpaired) electrons. The summed E-state index contributed by atoms with van der Waals surface area (Å²) in [5, 5.41) is 3.70. The Morgan fingerprint density at radius 2 is 1.90 bits per heavy atom. The van der Waals surface area contributed by atoms with E-state index in [-0.39, 0.29) is 5.82 Å². The summed E-state index contributed by atoms with van der Waals surface area (Å²) >= 11 is 0. The van der Waals surface area contributed by atoms with Crippen LogP contribution in [-0.2, 0) is 15.9 Å². The Balaban J connectivity index is 2.31. The molecule has 1 heterocycles. The first-order chi connectivity index (χ1) is 9.62. The van der Waals surface area contributed by atoms with E-state index in [0.29, 0.717) is 18.8 Å². The highest BCUT2D eigenvalue weighted by Crippen LogP contribution is 2.42. The van der Waals surface area contributed by atoms with Crippen molar-refractivity contribution in [3.63, 3.8) is 0 Å². The summed E-state index contributed by atoms with van der Waals surface area (Å²) in [5.74, 6) is 0.0578. The molecule has 1 aliphatic rings. The summed E-state index contributed by atoms with van der Waals surface area (Å²) in [6.45, 7) is 2.94. The minimum absolute atomic E-state index is 0.146. The monoisotopic (exact) mass is 307 g/mol. The van der Waals surface area contributed by atoms with E-state index < -0.39 is 23.2 Å². The van der Waals surface area contributed by atoms with Crippen LogP contribution >= 0.6 is 0 Å². The molecule has 0 spiro atoms. The smallest absolute Gasteiger partial charge is 0.370 e. The van der Waals surface area contributed by atoms with E-state index >= 15 is 0 Å². The fourth-order valence-electron chi connectivity index (χ4n) is 2.49. The van der Waals surface area contributed by atoms with Crippen molar-refractivity contribution in [2.75, 3.05) is 7.11 Å². The van der Waals surface area contributed by atoms with Crippen LogP contribution in [0.1, 0.15) is 51.2 Å². The fraction of sp³-hybridized carbons (Fsp3) is 0.846. The molecule has 0 amide bonds. The lowest BCUT2D eigenvalue weighted by Gasteiger charge is -2.35. The maximum absolute atomic E-state index is 12.9. The quantitative estimate of drug-likeness (QED) is 0.929. The molecule has 1 fully saturated rings. The largest absolute Gasteiger partial charge is 0.415 e. The maximum atomic E-state index is 12.9. The van der Waals surface area contributed by atoms with Crippen molar-refractivity contribution in [1.29, 1.82) is 0 Å². The summed E-state index contributed by atoms with van der Waals surface area (Å²) in [4.78, 5) is 3.89. The lowest BCUT2D eigenvalue weighted by molar-refractivity contribution is -0.190. The molecular formula is C13H20F3N3O2. The molecule has 0 saturated heterocycles. The Morgan fingerprint density at radius 3 is 2.38 bits per heavy atom. The Bertz CT molecular complexity index is 491. The van der Waals surface area contributed by atoms with Gasteiger partial charge in [-0.25, -0.2) is 0 Å². The zero-order valence-electron chi connectivity index (χ0n) is 12.3. The van der Waals surface area contributed by atoms with Gasteiger partial charge in [-0.05, 0) is 38.5 Å². The molecule has 2 N–H and O–H groups in total. The predicted molar refractivity (Wildman–Crippen MR) is 68.2 cm³/mol. The summed E-state index contributed by atoms with van der Waals surface area (Å²) in [5.41, 5.74) is 1.85. The molecule has 1 aromatic rings. The minimum atomic E-state index is -4.67. The van der Waals surface area contributed by atoms with E-state index in [4.69, 9.17) is 15.0 Å². The third-order valence-corrected chi connectivity index (χ3v) is 4.34. The second-order valence-electron chi connectivity index (χ2n) is 6.00. The molecule has 0 aromatic carbocycles. The van der Waals surface area contributed by atoms with Gasteiger partial charge in [0.25, 0.3) is 5.89 Å². The molecule has 0 bridgehead atoms. The number of hydrogen-bond acceptors (Lipinski definition) is 5. The lowest BCUT2D eigenvalue weighted by Crippen LogP contribution is -2.48. The van der Waals surface area contributed by atoms with Crippen LogP contribution in [0.25, 0.3) is 0 Å². The van der Waals surface area contributed by atoms with E-state index in [1.807, 2.05) is 0 Å². The van der Waals surface area contributed by atoms with Crippen LogP contribution in [0, 0.1) is 5.92 Å². The molecule has 1 unspecified atom stereocenters. The molecule has 1 saturated carbocycles. The summed E-state index contributed by atoms with van der Waals surface area (Å²) in [6.07, 6.45) is -1.57. The van der Waals surface area contributed by atoms with Gasteiger partial charge in [0.1, 0.15) is 5.60 Å². The van der Waals surface area contributed by atoms with Gasteiger partial charge in [-0.2, -0.15) is 18.2 Å². The molecule has 0 aliphatic heterocycles. The standard InChI is InChI=1S/C13H20F3N3O2/c1-8-4-6-12(20-3,7-5-8)9-18-10(21-19-9)11(2,17)13(14,15)16/h8H,4-7,17H2,1-3H3. The topological polar surface area (TPSA) is 74.2 Å². The second kappa shape index (κ2) is 5.24. The van der Waals surface area contributed by atoms with Crippen LogP contribution in [-0.4, -0.2) is 23.4 Å². The molecule has 1 aromatic heterocycles. The third-order valence-electron chi connectivity index (χ3n) is 4.34. The second-order valence-corrected chi connectivity index (χ2v) is 6.00. The molecule has 1 atom stereocenters. The highest BCUT2D eigenvalue weighted by molar-refractivity contribution is 5.09. The van der Waals surface area contributed by atoms with E-state index in [1.54, 1.807) is 0 Å². The lowest BCUT2D eigenvalue weighted by atomic mass is 9.79. The van der Waals surface area contributed by atoms with Gasteiger partial charge in [0, 0.05) is 7.11 Å². The van der Waals surface area contributed by atoms with Gasteiger partial charge in [0.05, 0.1) is 0 Å². The Labute approximate surface area is 121 Å². The minimum Gasteiger partial charge on any atom is -0.370 e.